The van der Waals surface area contributed by atoms with Crippen LogP contribution in [0.3, 0.4) is 0 Å². The van der Waals surface area contributed by atoms with Crippen LogP contribution in [-0.2, 0) is 31.7 Å². The SMILES string of the molecule is CCc1ccc2c(c1)[cH-]c1cc(CC)ccc12.Cc1ccc2cc(C)[cH-]c2c1.[Cl][Zr]([Cl])=[C](c1ccccc1)c1ccccc1. The van der Waals surface area contributed by atoms with Crippen LogP contribution in [0.25, 0.3) is 32.3 Å². The van der Waals surface area contributed by atoms with E-state index in [1.165, 1.54) is 54.6 Å². The summed E-state index contributed by atoms with van der Waals surface area (Å²) >= 11 is -2.44. The minimum absolute atomic E-state index is 1.11. The standard InChI is InChI=1S/C17H17.C13H10.C11H11.2ClH.Zr/c1-3-12-5-7-16-14(9-12)11-15-10-13(4-2)6-8-17(15)16;1-3-7-12(8-4-1)11-13-9-5-2-6-10-13;1-8-3-4-10-6-9(2)7-11(10)5-8;;;/h5-11H,3-4H2,1-2H3;1-10H;3-7H,1-2H3;2*1H;/q-1;;-1;;;+2/p-2. The molecule has 3 heteroatoms. The molecule has 222 valence electrons. The molecule has 0 N–H and O–H groups in total. The van der Waals surface area contributed by atoms with Crippen LogP contribution in [0.1, 0.15) is 47.2 Å². The molecule has 0 unspecified atom stereocenters. The molecule has 0 aromatic heterocycles. The topological polar surface area (TPSA) is 0 Å². The van der Waals surface area contributed by atoms with Crippen LogP contribution >= 0.6 is 17.0 Å². The van der Waals surface area contributed by atoms with Gasteiger partial charge in [-0.15, -0.1) is 74.3 Å². The summed E-state index contributed by atoms with van der Waals surface area (Å²) in [4.78, 5) is 0. The van der Waals surface area contributed by atoms with E-state index in [2.05, 4.69) is 125 Å². The van der Waals surface area contributed by atoms with Crippen molar-refractivity contribution in [3.05, 3.63) is 167 Å². The number of benzene rings is 5. The van der Waals surface area contributed by atoms with Gasteiger partial charge in [0.05, 0.1) is 0 Å². The second-order valence-electron chi connectivity index (χ2n) is 11.2. The Bertz CT molecular complexity index is 1910. The molecule has 0 nitrogen and oxygen atoms in total. The van der Waals surface area contributed by atoms with Crippen LogP contribution in [-0.4, -0.2) is 3.21 Å². The minimum atomic E-state index is -2.44. The molecule has 0 aliphatic rings. The van der Waals surface area contributed by atoms with Crippen LogP contribution in [0, 0.1) is 13.8 Å². The summed E-state index contributed by atoms with van der Waals surface area (Å²) in [5, 5.41) is 8.26. The second-order valence-corrected chi connectivity index (χ2v) is 19.4. The summed E-state index contributed by atoms with van der Waals surface area (Å²) in [7, 11) is 12.5. The predicted octanol–water partition coefficient (Wildman–Crippen LogP) is 12.2. The molecule has 0 amide bonds. The molecule has 0 bridgehead atoms. The predicted molar refractivity (Wildman–Crippen MR) is 193 cm³/mol. The number of rotatable bonds is 4. The third kappa shape index (κ3) is 7.94. The summed E-state index contributed by atoms with van der Waals surface area (Å²) in [6.45, 7) is 8.68. The van der Waals surface area contributed by atoms with Crippen molar-refractivity contribution in [2.75, 3.05) is 0 Å². The monoisotopic (exact) mass is 690 g/mol. The first kappa shape index (κ1) is 32.3. The molecule has 44 heavy (non-hydrogen) atoms. The number of hydrogen-bond donors (Lipinski definition) is 0. The summed E-state index contributed by atoms with van der Waals surface area (Å²) in [5.74, 6) is 0. The van der Waals surface area contributed by atoms with E-state index in [1.54, 1.807) is 0 Å². The summed E-state index contributed by atoms with van der Waals surface area (Å²) in [6.07, 6.45) is 2.22. The van der Waals surface area contributed by atoms with Crippen molar-refractivity contribution >= 4 is 52.5 Å². The Hall–Kier alpha value is -3.09. The zero-order valence-corrected chi connectivity index (χ0v) is 29.8. The van der Waals surface area contributed by atoms with Crippen molar-refractivity contribution in [2.45, 2.75) is 40.5 Å². The number of fused-ring (bicyclic) bond motifs is 4. The quantitative estimate of drug-likeness (QED) is 0.161. The fourth-order valence-electron chi connectivity index (χ4n) is 5.64. The Morgan fingerprint density at radius 1 is 0.568 bits per heavy atom. The van der Waals surface area contributed by atoms with Crippen molar-refractivity contribution in [3.8, 4) is 0 Å². The van der Waals surface area contributed by atoms with Crippen molar-refractivity contribution in [2.24, 2.45) is 0 Å². The van der Waals surface area contributed by atoms with Crippen molar-refractivity contribution in [3.63, 3.8) is 0 Å². The van der Waals surface area contributed by atoms with E-state index in [4.69, 9.17) is 17.0 Å². The zero-order valence-electron chi connectivity index (χ0n) is 25.9. The first-order chi connectivity index (χ1) is 21.4. The van der Waals surface area contributed by atoms with Gasteiger partial charge in [-0.3, -0.25) is 0 Å². The number of hydrogen-bond acceptors (Lipinski definition) is 0. The number of aryl methyl sites for hydroxylation is 4. The first-order valence-electron chi connectivity index (χ1n) is 15.3. The Kier molecular flexibility index (Phi) is 11.2. The van der Waals surface area contributed by atoms with Gasteiger partial charge in [-0.2, -0.15) is 6.07 Å². The average Bonchev–Trinajstić information content (AvgIpc) is 3.60. The fraction of sp³-hybridized carbons (Fsp3) is 0.146. The molecular weight excluding hydrogens is 655 g/mol. The second kappa shape index (κ2) is 15.3. The normalized spacial score (nSPS) is 10.7. The molecule has 0 radical (unpaired) electrons. The van der Waals surface area contributed by atoms with E-state index < -0.39 is 18.9 Å². The molecule has 0 fully saturated rings. The zero-order chi connectivity index (χ0) is 31.1. The first-order valence-corrected chi connectivity index (χ1v) is 22.8. The van der Waals surface area contributed by atoms with E-state index in [0.29, 0.717) is 0 Å². The van der Waals surface area contributed by atoms with Gasteiger partial charge < -0.3 is 0 Å². The van der Waals surface area contributed by atoms with Gasteiger partial charge >= 0.3 is 111 Å². The van der Waals surface area contributed by atoms with Crippen LogP contribution in [0.15, 0.2) is 133 Å². The maximum absolute atomic E-state index is 6.24. The Morgan fingerprint density at radius 2 is 1.09 bits per heavy atom. The van der Waals surface area contributed by atoms with Gasteiger partial charge in [-0.05, 0) is 19.8 Å². The van der Waals surface area contributed by atoms with Crippen molar-refractivity contribution in [1.29, 1.82) is 0 Å². The third-order valence-electron chi connectivity index (χ3n) is 7.97. The Morgan fingerprint density at radius 3 is 1.57 bits per heavy atom. The van der Waals surface area contributed by atoms with Crippen LogP contribution in [0.5, 0.6) is 0 Å². The molecule has 0 aliphatic carbocycles. The van der Waals surface area contributed by atoms with Gasteiger partial charge in [0.1, 0.15) is 0 Å². The van der Waals surface area contributed by atoms with Gasteiger partial charge in [0.25, 0.3) is 0 Å². The summed E-state index contributed by atoms with van der Waals surface area (Å²) in [5.41, 5.74) is 7.82. The molecule has 0 saturated carbocycles. The molecule has 7 rings (SSSR count). The molecule has 0 spiro atoms. The van der Waals surface area contributed by atoms with Gasteiger partial charge in [0, 0.05) is 0 Å². The van der Waals surface area contributed by atoms with Crippen LogP contribution in [0.4, 0.5) is 0 Å². The molecule has 7 aromatic carbocycles. The Balaban J connectivity index is 0.000000134. The molecular formula is C41H38Cl2Zr-2. The van der Waals surface area contributed by atoms with Gasteiger partial charge in [-0.25, -0.2) is 0 Å². The molecule has 0 heterocycles. The van der Waals surface area contributed by atoms with Crippen molar-refractivity contribution < 1.29 is 18.9 Å². The Labute approximate surface area is 276 Å². The van der Waals surface area contributed by atoms with E-state index in [1.807, 2.05) is 36.4 Å². The fourth-order valence-corrected chi connectivity index (χ4v) is 10.1. The molecule has 0 aliphatic heterocycles. The van der Waals surface area contributed by atoms with Gasteiger partial charge in [0.15, 0.2) is 0 Å². The van der Waals surface area contributed by atoms with E-state index in [0.717, 1.165) is 27.2 Å². The molecule has 7 aromatic rings. The third-order valence-corrected chi connectivity index (χ3v) is 12.6. The number of halogens is 2. The maximum atomic E-state index is 6.24. The van der Waals surface area contributed by atoms with Crippen LogP contribution in [0.2, 0.25) is 0 Å². The van der Waals surface area contributed by atoms with E-state index >= 15 is 0 Å². The molecule has 0 atom stereocenters. The van der Waals surface area contributed by atoms with Gasteiger partial charge in [0.2, 0.25) is 0 Å². The van der Waals surface area contributed by atoms with E-state index in [9.17, 15) is 0 Å². The molecule has 0 saturated heterocycles. The summed E-state index contributed by atoms with van der Waals surface area (Å²) < 4.78 is 1.15. The summed E-state index contributed by atoms with van der Waals surface area (Å²) in [6, 6.07) is 47.3. The van der Waals surface area contributed by atoms with Gasteiger partial charge in [-0.1, -0.05) is 67.8 Å². The average molecular weight is 693 g/mol. The van der Waals surface area contributed by atoms with E-state index in [-0.39, 0.29) is 0 Å². The van der Waals surface area contributed by atoms with Crippen LogP contribution < -0.4 is 0 Å². The van der Waals surface area contributed by atoms with Crippen molar-refractivity contribution in [1.82, 2.24) is 0 Å².